The Hall–Kier alpha value is -4.48. The smallest absolute Gasteiger partial charge is 0.253 e. The van der Waals surface area contributed by atoms with Crippen LogP contribution in [-0.2, 0) is 11.3 Å². The van der Waals surface area contributed by atoms with Crippen LogP contribution in [0.2, 0.25) is 0 Å². The number of ether oxygens (including phenoxy) is 2. The number of rotatable bonds is 10. The van der Waals surface area contributed by atoms with Gasteiger partial charge in [-0.15, -0.1) is 0 Å². The molecule has 0 N–H and O–H groups in total. The number of amides is 1. The first-order valence-corrected chi connectivity index (χ1v) is 14.0. The second kappa shape index (κ2) is 12.8. The van der Waals surface area contributed by atoms with Gasteiger partial charge in [0.2, 0.25) is 0 Å². The minimum absolute atomic E-state index is 0.0246. The van der Waals surface area contributed by atoms with Crippen LogP contribution in [0.4, 0.5) is 0 Å². The fraction of sp³-hybridized carbons (Fsp3) is 0.333. The molecule has 1 fully saturated rings. The molecule has 1 amide bonds. The lowest BCUT2D eigenvalue weighted by molar-refractivity contribution is 0.0681. The molecule has 0 aliphatic carbocycles. The molecule has 0 saturated carbocycles. The molecule has 3 aromatic carbocycles. The zero-order valence-electron chi connectivity index (χ0n) is 23.5. The molecular formula is C33H34N4O4. The van der Waals surface area contributed by atoms with Crippen LogP contribution < -0.4 is 4.74 Å². The molecule has 5 rings (SSSR count). The first kappa shape index (κ1) is 28.1. The van der Waals surface area contributed by atoms with Crippen LogP contribution in [0.25, 0.3) is 10.9 Å². The van der Waals surface area contributed by atoms with Gasteiger partial charge in [-0.05, 0) is 98.3 Å². The van der Waals surface area contributed by atoms with Gasteiger partial charge in [0.05, 0.1) is 17.1 Å². The number of fused-ring (bicyclic) bond motifs is 1. The van der Waals surface area contributed by atoms with E-state index < -0.39 is 0 Å². The third-order valence-corrected chi connectivity index (χ3v) is 7.73. The molecule has 0 spiro atoms. The predicted molar refractivity (Wildman–Crippen MR) is 156 cm³/mol. The number of carbonyl (C=O) groups is 2. The van der Waals surface area contributed by atoms with E-state index in [0.717, 1.165) is 41.4 Å². The zero-order chi connectivity index (χ0) is 28.8. The summed E-state index contributed by atoms with van der Waals surface area (Å²) in [6, 6.07) is 20.0. The van der Waals surface area contributed by atoms with Crippen molar-refractivity contribution in [3.63, 3.8) is 0 Å². The van der Waals surface area contributed by atoms with Crippen molar-refractivity contribution < 1.29 is 19.1 Å². The summed E-state index contributed by atoms with van der Waals surface area (Å²) in [6.07, 6.45) is 5.05. The average Bonchev–Trinajstić information content (AvgIpc) is 3.42. The first-order valence-electron chi connectivity index (χ1n) is 14.0. The van der Waals surface area contributed by atoms with Gasteiger partial charge >= 0.3 is 0 Å². The number of likely N-dealkylation sites (tertiary alicyclic amines) is 1. The van der Waals surface area contributed by atoms with Crippen LogP contribution in [0, 0.1) is 24.2 Å². The summed E-state index contributed by atoms with van der Waals surface area (Å²) in [5.41, 5.74) is 3.84. The highest BCUT2D eigenvalue weighted by Crippen LogP contribution is 2.26. The molecule has 4 aromatic rings. The van der Waals surface area contributed by atoms with E-state index in [1.807, 2.05) is 28.6 Å². The van der Waals surface area contributed by atoms with Crippen LogP contribution >= 0.6 is 0 Å². The van der Waals surface area contributed by atoms with E-state index in [4.69, 9.17) is 19.8 Å². The summed E-state index contributed by atoms with van der Waals surface area (Å²) < 4.78 is 12.9. The van der Waals surface area contributed by atoms with E-state index >= 15 is 0 Å². The molecule has 1 aliphatic heterocycles. The van der Waals surface area contributed by atoms with Crippen molar-refractivity contribution in [1.29, 1.82) is 5.26 Å². The van der Waals surface area contributed by atoms with E-state index in [2.05, 4.69) is 12.3 Å². The Morgan fingerprint density at radius 1 is 1.00 bits per heavy atom. The fourth-order valence-corrected chi connectivity index (χ4v) is 5.35. The number of aryl methyl sites for hydroxylation is 1. The average molecular weight is 551 g/mol. The van der Waals surface area contributed by atoms with Gasteiger partial charge in [-0.2, -0.15) is 10.4 Å². The highest BCUT2D eigenvalue weighted by atomic mass is 16.5. The van der Waals surface area contributed by atoms with Gasteiger partial charge < -0.3 is 14.4 Å². The van der Waals surface area contributed by atoms with Gasteiger partial charge in [-0.25, -0.2) is 0 Å². The second-order valence-electron chi connectivity index (χ2n) is 10.5. The van der Waals surface area contributed by atoms with E-state index in [9.17, 15) is 9.59 Å². The van der Waals surface area contributed by atoms with Crippen LogP contribution in [0.3, 0.4) is 0 Å². The molecular weight excluding hydrogens is 516 g/mol. The molecule has 1 aromatic heterocycles. The number of nitrogens with zero attached hydrogens (tertiary/aromatic N) is 4. The lowest BCUT2D eigenvalue weighted by Crippen LogP contribution is -2.39. The summed E-state index contributed by atoms with van der Waals surface area (Å²) in [5, 5.41) is 14.7. The summed E-state index contributed by atoms with van der Waals surface area (Å²) >= 11 is 0. The van der Waals surface area contributed by atoms with Crippen LogP contribution in [0.5, 0.6) is 11.5 Å². The van der Waals surface area contributed by atoms with Crippen molar-refractivity contribution in [1.82, 2.24) is 14.7 Å². The number of carbonyl (C=O) groups excluding carboxylic acids is 2. The molecule has 0 radical (unpaired) electrons. The molecule has 0 bridgehead atoms. The molecule has 0 atom stereocenters. The number of piperidine rings is 1. The third-order valence-electron chi connectivity index (χ3n) is 7.73. The highest BCUT2D eigenvalue weighted by Gasteiger charge is 2.24. The van der Waals surface area contributed by atoms with Gasteiger partial charge in [-0.1, -0.05) is 0 Å². The number of hydrogen-bond donors (Lipinski definition) is 0. The zero-order valence-corrected chi connectivity index (χ0v) is 23.5. The van der Waals surface area contributed by atoms with E-state index in [-0.39, 0.29) is 11.7 Å². The van der Waals surface area contributed by atoms with Gasteiger partial charge in [0.1, 0.15) is 11.5 Å². The molecule has 2 heterocycles. The minimum Gasteiger partial charge on any atom is -0.457 e. The Kier molecular flexibility index (Phi) is 8.76. The third kappa shape index (κ3) is 6.64. The molecule has 1 aliphatic rings. The van der Waals surface area contributed by atoms with Crippen LogP contribution in [-0.4, -0.2) is 53.2 Å². The standard InChI is InChI=1S/C33H34N4O4/c1-23-29(32(38)4-3-19-40-2)13-14-31-30(23)22-37(35-31)21-25-15-17-36(18-16-25)33(39)26-7-11-28(12-8-26)41-27-9-5-24(20-34)6-10-27/h5-14,22,25H,3-4,15-19,21H2,1-2H3. The summed E-state index contributed by atoms with van der Waals surface area (Å²) in [7, 11) is 1.65. The quantitative estimate of drug-likeness (QED) is 0.173. The largest absolute Gasteiger partial charge is 0.457 e. The van der Waals surface area contributed by atoms with Crippen molar-refractivity contribution in [3.8, 4) is 17.6 Å². The number of hydrogen-bond acceptors (Lipinski definition) is 6. The van der Waals surface area contributed by atoms with Crippen LogP contribution in [0.15, 0.2) is 66.9 Å². The van der Waals surface area contributed by atoms with Crippen molar-refractivity contribution in [2.45, 2.75) is 39.2 Å². The van der Waals surface area contributed by atoms with E-state index in [0.29, 0.717) is 61.1 Å². The number of aromatic nitrogens is 2. The lowest BCUT2D eigenvalue weighted by Gasteiger charge is -2.32. The normalized spacial score (nSPS) is 13.7. The van der Waals surface area contributed by atoms with Gasteiger partial charge in [0.25, 0.3) is 5.91 Å². The highest BCUT2D eigenvalue weighted by molar-refractivity contribution is 6.01. The Balaban J connectivity index is 1.14. The maximum atomic E-state index is 13.1. The number of Topliss-reactive ketones (excluding diaryl/α,β-unsaturated/α-hetero) is 1. The summed E-state index contributed by atoms with van der Waals surface area (Å²) in [6.45, 7) is 4.76. The van der Waals surface area contributed by atoms with Gasteiger partial charge in [-0.3, -0.25) is 14.3 Å². The number of methoxy groups -OCH3 is 1. The topological polar surface area (TPSA) is 97.5 Å². The Morgan fingerprint density at radius 3 is 2.34 bits per heavy atom. The second-order valence-corrected chi connectivity index (χ2v) is 10.5. The Labute approximate surface area is 240 Å². The molecule has 210 valence electrons. The summed E-state index contributed by atoms with van der Waals surface area (Å²) in [5.74, 6) is 1.86. The monoisotopic (exact) mass is 550 g/mol. The number of ketones is 1. The van der Waals surface area contributed by atoms with E-state index in [1.54, 1.807) is 55.6 Å². The Bertz CT molecular complexity index is 1560. The van der Waals surface area contributed by atoms with Gasteiger partial charge in [0, 0.05) is 62.5 Å². The molecule has 8 nitrogen and oxygen atoms in total. The van der Waals surface area contributed by atoms with Crippen molar-refractivity contribution in [2.75, 3.05) is 26.8 Å². The van der Waals surface area contributed by atoms with Crippen molar-refractivity contribution >= 4 is 22.6 Å². The molecule has 0 unspecified atom stereocenters. The van der Waals surface area contributed by atoms with E-state index in [1.165, 1.54) is 0 Å². The van der Waals surface area contributed by atoms with Crippen LogP contribution in [0.1, 0.15) is 57.5 Å². The lowest BCUT2D eigenvalue weighted by atomic mass is 9.96. The summed E-state index contributed by atoms with van der Waals surface area (Å²) in [4.78, 5) is 27.7. The Morgan fingerprint density at radius 2 is 1.68 bits per heavy atom. The van der Waals surface area contributed by atoms with Crippen molar-refractivity contribution in [3.05, 3.63) is 89.1 Å². The maximum absolute atomic E-state index is 13.1. The predicted octanol–water partition coefficient (Wildman–Crippen LogP) is 6.17. The number of nitriles is 1. The fourth-order valence-electron chi connectivity index (χ4n) is 5.35. The van der Waals surface area contributed by atoms with Gasteiger partial charge in [0.15, 0.2) is 5.78 Å². The molecule has 41 heavy (non-hydrogen) atoms. The minimum atomic E-state index is 0.0246. The molecule has 1 saturated heterocycles. The molecule has 8 heteroatoms. The van der Waals surface area contributed by atoms with Crippen molar-refractivity contribution in [2.24, 2.45) is 5.92 Å². The SMILES string of the molecule is COCCCC(=O)c1ccc2nn(CC3CCN(C(=O)c4ccc(Oc5ccc(C#N)cc5)cc4)CC3)cc2c1C. The maximum Gasteiger partial charge on any atom is 0.253 e. The first-order chi connectivity index (χ1) is 19.9. The number of benzene rings is 3.